The number of hydrogen-bond donors (Lipinski definition) is 2. The average Bonchev–Trinajstić information content (AvgIpc) is 2.72. The fraction of sp³-hybridized carbons (Fsp3) is 0.455. The molecule has 0 aliphatic carbocycles. The number of benzene rings is 2. The minimum absolute atomic E-state index is 0.135. The first-order valence-electron chi connectivity index (χ1n) is 10.1. The third-order valence-corrected chi connectivity index (χ3v) is 6.71. The molecule has 6 nitrogen and oxygen atoms in total. The summed E-state index contributed by atoms with van der Waals surface area (Å²) < 4.78 is 37.8. The topological polar surface area (TPSA) is 76.7 Å². The van der Waals surface area contributed by atoms with Gasteiger partial charge < -0.3 is 14.8 Å². The summed E-state index contributed by atoms with van der Waals surface area (Å²) in [6.07, 6.45) is 1.50. The largest absolute Gasteiger partial charge is 0.492 e. The lowest BCUT2D eigenvalue weighted by Crippen LogP contribution is -2.41. The van der Waals surface area contributed by atoms with Crippen molar-refractivity contribution in [3.05, 3.63) is 59.7 Å². The van der Waals surface area contributed by atoms with Crippen molar-refractivity contribution >= 4 is 10.0 Å². The van der Waals surface area contributed by atoms with Crippen LogP contribution in [0.25, 0.3) is 0 Å². The lowest BCUT2D eigenvalue weighted by atomic mass is 9.84. The minimum atomic E-state index is -3.21. The standard InChI is InChI=1S/C22H30N2O4S/c1-3-13-29(25,26)24-11-12-27-18-9-10-22-20(15-18)19(21(23-2)16-28-22)14-17-7-5-4-6-8-17/h4-10,15,19,21,23-24H,3,11-14,16H2,1-2H3/t19-,21-/m0/s1. The molecular formula is C22H30N2O4S. The fourth-order valence-electron chi connectivity index (χ4n) is 3.66. The van der Waals surface area contributed by atoms with Crippen molar-refractivity contribution in [2.24, 2.45) is 0 Å². The normalized spacial score (nSPS) is 18.7. The average molecular weight is 419 g/mol. The maximum absolute atomic E-state index is 11.7. The van der Waals surface area contributed by atoms with Gasteiger partial charge in [0.1, 0.15) is 24.7 Å². The predicted octanol–water partition coefficient (Wildman–Crippen LogP) is 2.70. The van der Waals surface area contributed by atoms with E-state index in [4.69, 9.17) is 9.47 Å². The molecule has 0 saturated carbocycles. The molecule has 2 N–H and O–H groups in total. The Bertz CT molecular complexity index is 887. The molecule has 0 saturated heterocycles. The van der Waals surface area contributed by atoms with E-state index in [0.717, 1.165) is 23.5 Å². The highest BCUT2D eigenvalue weighted by molar-refractivity contribution is 7.89. The van der Waals surface area contributed by atoms with E-state index in [1.807, 2.05) is 38.2 Å². The van der Waals surface area contributed by atoms with E-state index < -0.39 is 10.0 Å². The lowest BCUT2D eigenvalue weighted by molar-refractivity contribution is 0.217. The van der Waals surface area contributed by atoms with Gasteiger partial charge in [-0.25, -0.2) is 13.1 Å². The SMILES string of the molecule is CCCS(=O)(=O)NCCOc1ccc2c(c1)[C@H](Cc1ccccc1)[C@@H](NC)CO2. The first kappa shape index (κ1) is 21.6. The van der Waals surface area contributed by atoms with E-state index in [0.29, 0.717) is 13.0 Å². The van der Waals surface area contributed by atoms with Gasteiger partial charge in [0.15, 0.2) is 0 Å². The zero-order chi connectivity index (χ0) is 20.7. The molecule has 0 aromatic heterocycles. The summed E-state index contributed by atoms with van der Waals surface area (Å²) in [7, 11) is -1.25. The van der Waals surface area contributed by atoms with Gasteiger partial charge in [0.25, 0.3) is 0 Å². The van der Waals surface area contributed by atoms with Crippen molar-refractivity contribution < 1.29 is 17.9 Å². The van der Waals surface area contributed by atoms with Crippen molar-refractivity contribution in [2.75, 3.05) is 32.6 Å². The molecule has 0 bridgehead atoms. The number of ether oxygens (including phenoxy) is 2. The third kappa shape index (κ3) is 5.95. The van der Waals surface area contributed by atoms with E-state index in [9.17, 15) is 8.42 Å². The van der Waals surface area contributed by atoms with Crippen LogP contribution in [-0.2, 0) is 16.4 Å². The molecule has 1 aliphatic rings. The number of sulfonamides is 1. The number of hydrogen-bond acceptors (Lipinski definition) is 5. The van der Waals surface area contributed by atoms with Crippen LogP contribution in [0.5, 0.6) is 11.5 Å². The Kier molecular flexibility index (Phi) is 7.52. The Morgan fingerprint density at radius 3 is 2.69 bits per heavy atom. The second-order valence-electron chi connectivity index (χ2n) is 7.26. The maximum Gasteiger partial charge on any atom is 0.211 e. The number of fused-ring (bicyclic) bond motifs is 1. The summed E-state index contributed by atoms with van der Waals surface area (Å²) in [5, 5.41) is 3.37. The van der Waals surface area contributed by atoms with Gasteiger partial charge in [-0.3, -0.25) is 0 Å². The van der Waals surface area contributed by atoms with Crippen molar-refractivity contribution in [1.29, 1.82) is 0 Å². The molecule has 7 heteroatoms. The molecule has 0 spiro atoms. The molecule has 1 aliphatic heterocycles. The van der Waals surface area contributed by atoms with Gasteiger partial charge in [-0.05, 0) is 43.7 Å². The first-order valence-corrected chi connectivity index (χ1v) is 11.8. The molecule has 0 radical (unpaired) electrons. The Hall–Kier alpha value is -2.09. The Morgan fingerprint density at radius 1 is 1.17 bits per heavy atom. The number of rotatable bonds is 10. The van der Waals surface area contributed by atoms with Crippen molar-refractivity contribution in [3.63, 3.8) is 0 Å². The number of likely N-dealkylation sites (N-methyl/N-ethyl adjacent to an activating group) is 1. The van der Waals surface area contributed by atoms with Gasteiger partial charge in [0.05, 0.1) is 5.75 Å². The van der Waals surface area contributed by atoms with Gasteiger partial charge in [0.2, 0.25) is 10.0 Å². The molecule has 0 unspecified atom stereocenters. The molecule has 158 valence electrons. The summed E-state index contributed by atoms with van der Waals surface area (Å²) in [5.74, 6) is 2.00. The molecule has 0 fully saturated rings. The van der Waals surface area contributed by atoms with Crippen LogP contribution in [0, 0.1) is 0 Å². The van der Waals surface area contributed by atoms with E-state index in [1.165, 1.54) is 5.56 Å². The third-order valence-electron chi connectivity index (χ3n) is 5.12. The Labute approximate surface area is 173 Å². The van der Waals surface area contributed by atoms with Gasteiger partial charge >= 0.3 is 0 Å². The van der Waals surface area contributed by atoms with Crippen LogP contribution >= 0.6 is 0 Å². The summed E-state index contributed by atoms with van der Waals surface area (Å²) in [6.45, 7) is 3.00. The summed E-state index contributed by atoms with van der Waals surface area (Å²) >= 11 is 0. The zero-order valence-corrected chi connectivity index (χ0v) is 17.9. The molecule has 2 atom stereocenters. The van der Waals surface area contributed by atoms with E-state index in [2.05, 4.69) is 34.3 Å². The Morgan fingerprint density at radius 2 is 1.97 bits per heavy atom. The van der Waals surface area contributed by atoms with Crippen LogP contribution < -0.4 is 19.5 Å². The van der Waals surface area contributed by atoms with E-state index >= 15 is 0 Å². The second-order valence-corrected chi connectivity index (χ2v) is 9.19. The monoisotopic (exact) mass is 418 g/mol. The van der Waals surface area contributed by atoms with E-state index in [1.54, 1.807) is 0 Å². The van der Waals surface area contributed by atoms with Crippen LogP contribution in [0.1, 0.15) is 30.4 Å². The van der Waals surface area contributed by atoms with Crippen LogP contribution in [-0.4, -0.2) is 47.0 Å². The van der Waals surface area contributed by atoms with Gasteiger partial charge in [-0.15, -0.1) is 0 Å². The van der Waals surface area contributed by atoms with Crippen molar-refractivity contribution in [3.8, 4) is 11.5 Å². The molecule has 2 aromatic rings. The van der Waals surface area contributed by atoms with Crippen LogP contribution in [0.4, 0.5) is 0 Å². The van der Waals surface area contributed by atoms with E-state index in [-0.39, 0.29) is 30.9 Å². The second kappa shape index (κ2) is 10.1. The predicted molar refractivity (Wildman–Crippen MR) is 115 cm³/mol. The maximum atomic E-state index is 11.7. The Balaban J connectivity index is 1.69. The van der Waals surface area contributed by atoms with Crippen LogP contribution in [0.3, 0.4) is 0 Å². The van der Waals surface area contributed by atoms with Gasteiger partial charge in [-0.2, -0.15) is 0 Å². The highest BCUT2D eigenvalue weighted by Gasteiger charge is 2.30. The van der Waals surface area contributed by atoms with Crippen LogP contribution in [0.15, 0.2) is 48.5 Å². The quantitative estimate of drug-likeness (QED) is 0.580. The zero-order valence-electron chi connectivity index (χ0n) is 17.1. The number of nitrogens with one attached hydrogen (secondary N) is 2. The smallest absolute Gasteiger partial charge is 0.211 e. The van der Waals surface area contributed by atoms with Crippen molar-refractivity contribution in [1.82, 2.24) is 10.0 Å². The molecule has 1 heterocycles. The first-order chi connectivity index (χ1) is 14.0. The minimum Gasteiger partial charge on any atom is -0.492 e. The highest BCUT2D eigenvalue weighted by atomic mass is 32.2. The summed E-state index contributed by atoms with van der Waals surface area (Å²) in [6, 6.07) is 16.5. The van der Waals surface area contributed by atoms with Crippen LogP contribution in [0.2, 0.25) is 0 Å². The molecule has 0 amide bonds. The van der Waals surface area contributed by atoms with Gasteiger partial charge in [0, 0.05) is 24.1 Å². The summed E-state index contributed by atoms with van der Waals surface area (Å²) in [5.41, 5.74) is 2.39. The van der Waals surface area contributed by atoms with Crippen molar-refractivity contribution in [2.45, 2.75) is 31.7 Å². The highest BCUT2D eigenvalue weighted by Crippen LogP contribution is 2.38. The lowest BCUT2D eigenvalue weighted by Gasteiger charge is -2.34. The molecule has 29 heavy (non-hydrogen) atoms. The van der Waals surface area contributed by atoms with Gasteiger partial charge in [-0.1, -0.05) is 37.3 Å². The molecular weight excluding hydrogens is 388 g/mol. The summed E-state index contributed by atoms with van der Waals surface area (Å²) in [4.78, 5) is 0. The molecule has 3 rings (SSSR count). The molecule has 2 aromatic carbocycles. The fourth-order valence-corrected chi connectivity index (χ4v) is 4.74.